The monoisotopic (exact) mass is 262 g/mol. The van der Waals surface area contributed by atoms with Gasteiger partial charge in [0.25, 0.3) is 0 Å². The first-order chi connectivity index (χ1) is 9.30. The van der Waals surface area contributed by atoms with Crippen molar-refractivity contribution in [1.29, 1.82) is 0 Å². The van der Waals surface area contributed by atoms with Gasteiger partial charge in [-0.3, -0.25) is 0 Å². The molecule has 0 fully saturated rings. The molecule has 0 unspecified atom stereocenters. The van der Waals surface area contributed by atoms with E-state index in [9.17, 15) is 0 Å². The van der Waals surface area contributed by atoms with E-state index in [0.717, 1.165) is 26.1 Å². The lowest BCUT2D eigenvalue weighted by Gasteiger charge is -2.21. The number of nitrogens with one attached hydrogen (secondary N) is 1. The fourth-order valence-electron chi connectivity index (χ4n) is 2.33. The van der Waals surface area contributed by atoms with Crippen LogP contribution in [0.4, 0.5) is 0 Å². The summed E-state index contributed by atoms with van der Waals surface area (Å²) in [5.41, 5.74) is 2.80. The van der Waals surface area contributed by atoms with E-state index in [4.69, 9.17) is 0 Å². The van der Waals surface area contributed by atoms with Crippen LogP contribution in [0.15, 0.2) is 24.3 Å². The molecule has 19 heavy (non-hydrogen) atoms. The molecule has 0 aliphatic heterocycles. The van der Waals surface area contributed by atoms with E-state index in [1.165, 1.54) is 37.1 Å². The molecule has 0 radical (unpaired) electrons. The van der Waals surface area contributed by atoms with Gasteiger partial charge in [0.1, 0.15) is 0 Å². The van der Waals surface area contributed by atoms with E-state index < -0.39 is 0 Å². The van der Waals surface area contributed by atoms with Gasteiger partial charge in [-0.1, -0.05) is 45.0 Å². The Kier molecular flexibility index (Phi) is 8.52. The molecule has 0 aliphatic carbocycles. The van der Waals surface area contributed by atoms with Gasteiger partial charge in [-0.2, -0.15) is 0 Å². The molecule has 1 rings (SSSR count). The fraction of sp³-hybridized carbons (Fsp3) is 0.647. The molecule has 2 heteroatoms. The minimum atomic E-state index is 0.982. The van der Waals surface area contributed by atoms with Gasteiger partial charge < -0.3 is 10.2 Å². The van der Waals surface area contributed by atoms with E-state index in [2.05, 4.69) is 55.3 Å². The molecule has 0 heterocycles. The summed E-state index contributed by atoms with van der Waals surface area (Å²) in [5, 5.41) is 3.54. The van der Waals surface area contributed by atoms with Crippen LogP contribution in [0.1, 0.15) is 44.7 Å². The summed E-state index contributed by atoms with van der Waals surface area (Å²) in [6.07, 6.45) is 3.62. The lowest BCUT2D eigenvalue weighted by molar-refractivity contribution is 0.274. The van der Waals surface area contributed by atoms with Gasteiger partial charge in [-0.15, -0.1) is 0 Å². The lowest BCUT2D eigenvalue weighted by atomic mass is 10.1. The zero-order chi connectivity index (χ0) is 13.9. The number of rotatable bonds is 10. The molecule has 0 saturated carbocycles. The first-order valence-electron chi connectivity index (χ1n) is 7.81. The van der Waals surface area contributed by atoms with Crippen molar-refractivity contribution < 1.29 is 0 Å². The fourth-order valence-corrected chi connectivity index (χ4v) is 2.33. The number of hydrogen-bond donors (Lipinski definition) is 1. The highest BCUT2D eigenvalue weighted by Crippen LogP contribution is 2.04. The Balaban J connectivity index is 2.21. The molecule has 1 N–H and O–H groups in total. The highest BCUT2D eigenvalue weighted by molar-refractivity contribution is 5.22. The third-order valence-electron chi connectivity index (χ3n) is 3.44. The third kappa shape index (κ3) is 6.74. The molecule has 2 nitrogen and oxygen atoms in total. The zero-order valence-electron chi connectivity index (χ0n) is 12.9. The maximum atomic E-state index is 3.54. The van der Waals surface area contributed by atoms with Crippen LogP contribution in [0, 0.1) is 0 Å². The summed E-state index contributed by atoms with van der Waals surface area (Å²) in [6, 6.07) is 8.94. The van der Waals surface area contributed by atoms with E-state index >= 15 is 0 Å². The topological polar surface area (TPSA) is 15.3 Å². The Hall–Kier alpha value is -0.860. The normalized spacial score (nSPS) is 11.2. The van der Waals surface area contributed by atoms with Crippen molar-refractivity contribution in [2.24, 2.45) is 0 Å². The second-order valence-corrected chi connectivity index (χ2v) is 5.19. The SMILES string of the molecule is CCCN(CCC)CCNCc1ccc(CC)cc1. The van der Waals surface area contributed by atoms with Crippen LogP contribution >= 0.6 is 0 Å². The van der Waals surface area contributed by atoms with Crippen LogP contribution in [0.3, 0.4) is 0 Å². The number of aryl methyl sites for hydroxylation is 1. The molecular weight excluding hydrogens is 232 g/mol. The molecule has 0 bridgehead atoms. The van der Waals surface area contributed by atoms with Crippen molar-refractivity contribution in [2.75, 3.05) is 26.2 Å². The molecule has 0 amide bonds. The molecule has 0 aromatic heterocycles. The second-order valence-electron chi connectivity index (χ2n) is 5.19. The largest absolute Gasteiger partial charge is 0.311 e. The van der Waals surface area contributed by atoms with Gasteiger partial charge >= 0.3 is 0 Å². The highest BCUT2D eigenvalue weighted by Gasteiger charge is 2.01. The van der Waals surface area contributed by atoms with E-state index in [1.54, 1.807) is 0 Å². The Morgan fingerprint density at radius 3 is 1.95 bits per heavy atom. The molecule has 108 valence electrons. The molecule has 0 saturated heterocycles. The second kappa shape index (κ2) is 9.99. The first-order valence-corrected chi connectivity index (χ1v) is 7.81. The zero-order valence-corrected chi connectivity index (χ0v) is 12.9. The molecule has 0 aliphatic rings. The quantitative estimate of drug-likeness (QED) is 0.650. The van der Waals surface area contributed by atoms with Crippen LogP contribution in [-0.2, 0) is 13.0 Å². The van der Waals surface area contributed by atoms with Gasteiger partial charge in [0.2, 0.25) is 0 Å². The van der Waals surface area contributed by atoms with Gasteiger partial charge in [-0.25, -0.2) is 0 Å². The maximum absolute atomic E-state index is 3.54. The number of hydrogen-bond acceptors (Lipinski definition) is 2. The van der Waals surface area contributed by atoms with E-state index in [-0.39, 0.29) is 0 Å². The summed E-state index contributed by atoms with van der Waals surface area (Å²) in [7, 11) is 0. The summed E-state index contributed by atoms with van der Waals surface area (Å²) >= 11 is 0. The smallest absolute Gasteiger partial charge is 0.0206 e. The molecule has 0 atom stereocenters. The summed E-state index contributed by atoms with van der Waals surface area (Å²) in [4.78, 5) is 2.55. The van der Waals surface area contributed by atoms with E-state index in [0.29, 0.717) is 0 Å². The Morgan fingerprint density at radius 2 is 1.42 bits per heavy atom. The molecule has 1 aromatic carbocycles. The van der Waals surface area contributed by atoms with Crippen molar-refractivity contribution in [3.63, 3.8) is 0 Å². The Bertz CT molecular complexity index is 313. The van der Waals surface area contributed by atoms with Crippen molar-refractivity contribution >= 4 is 0 Å². The van der Waals surface area contributed by atoms with Crippen LogP contribution in [0.25, 0.3) is 0 Å². The van der Waals surface area contributed by atoms with Crippen molar-refractivity contribution in [1.82, 2.24) is 10.2 Å². The summed E-state index contributed by atoms with van der Waals surface area (Å²) in [6.45, 7) is 12.4. The molecule has 0 spiro atoms. The average Bonchev–Trinajstić information content (AvgIpc) is 2.44. The van der Waals surface area contributed by atoms with Crippen LogP contribution in [0.5, 0.6) is 0 Å². The maximum Gasteiger partial charge on any atom is 0.0206 e. The number of nitrogens with zero attached hydrogens (tertiary/aromatic N) is 1. The van der Waals surface area contributed by atoms with Crippen LogP contribution < -0.4 is 5.32 Å². The van der Waals surface area contributed by atoms with E-state index in [1.807, 2.05) is 0 Å². The van der Waals surface area contributed by atoms with Gasteiger partial charge in [0.15, 0.2) is 0 Å². The Morgan fingerprint density at radius 1 is 0.842 bits per heavy atom. The number of benzene rings is 1. The van der Waals surface area contributed by atoms with Crippen molar-refractivity contribution in [2.45, 2.75) is 46.6 Å². The predicted molar refractivity (Wildman–Crippen MR) is 84.5 cm³/mol. The minimum Gasteiger partial charge on any atom is -0.311 e. The molecular formula is C17H30N2. The highest BCUT2D eigenvalue weighted by atomic mass is 15.1. The average molecular weight is 262 g/mol. The van der Waals surface area contributed by atoms with Crippen LogP contribution in [0.2, 0.25) is 0 Å². The van der Waals surface area contributed by atoms with Crippen molar-refractivity contribution in [3.05, 3.63) is 35.4 Å². The van der Waals surface area contributed by atoms with Crippen molar-refractivity contribution in [3.8, 4) is 0 Å². The summed E-state index contributed by atoms with van der Waals surface area (Å²) in [5.74, 6) is 0. The molecule has 1 aromatic rings. The van der Waals surface area contributed by atoms with Gasteiger partial charge in [0.05, 0.1) is 0 Å². The first kappa shape index (κ1) is 16.2. The summed E-state index contributed by atoms with van der Waals surface area (Å²) < 4.78 is 0. The standard InChI is InChI=1S/C17H30N2/c1-4-12-19(13-5-2)14-11-18-15-17-9-7-16(6-3)8-10-17/h7-10,18H,4-6,11-15H2,1-3H3. The van der Waals surface area contributed by atoms with Gasteiger partial charge in [-0.05, 0) is 43.5 Å². The third-order valence-corrected chi connectivity index (χ3v) is 3.44. The predicted octanol–water partition coefficient (Wildman–Crippen LogP) is 3.46. The minimum absolute atomic E-state index is 0.982. The Labute approximate surface area is 119 Å². The van der Waals surface area contributed by atoms with Crippen LogP contribution in [-0.4, -0.2) is 31.1 Å². The lowest BCUT2D eigenvalue weighted by Crippen LogP contribution is -2.33. The van der Waals surface area contributed by atoms with Gasteiger partial charge in [0, 0.05) is 19.6 Å².